The molecule has 0 saturated carbocycles. The van der Waals surface area contributed by atoms with Crippen molar-refractivity contribution in [2.75, 3.05) is 4.72 Å². The van der Waals surface area contributed by atoms with Gasteiger partial charge in [-0.05, 0) is 74.1 Å². The van der Waals surface area contributed by atoms with Crippen LogP contribution in [0.2, 0.25) is 0 Å². The molecule has 3 N–H and O–H groups in total. The molecule has 0 unspecified atom stereocenters. The summed E-state index contributed by atoms with van der Waals surface area (Å²) in [7, 11) is -3.74. The summed E-state index contributed by atoms with van der Waals surface area (Å²) in [5, 5.41) is 18.3. The van der Waals surface area contributed by atoms with E-state index in [1.54, 1.807) is 32.0 Å². The third-order valence-electron chi connectivity index (χ3n) is 4.57. The number of phenolic OH excluding ortho intramolecular Hbond substituents is 1. The Kier molecular flexibility index (Phi) is 7.45. The van der Waals surface area contributed by atoms with Crippen LogP contribution in [0.4, 0.5) is 5.69 Å². The topological polar surface area (TPSA) is 104 Å². The molecule has 0 atom stereocenters. The highest BCUT2D eigenvalue weighted by Gasteiger charge is 2.17. The fourth-order valence-corrected chi connectivity index (χ4v) is 4.39. The number of carbonyl (C=O) groups is 1. The summed E-state index contributed by atoms with van der Waals surface area (Å²) in [6, 6.07) is 9.89. The van der Waals surface area contributed by atoms with Crippen LogP contribution >= 0.6 is 0 Å². The molecule has 0 saturated heterocycles. The van der Waals surface area contributed by atoms with Gasteiger partial charge in [-0.25, -0.2) is 8.42 Å². The molecular formula is C21H27NO5S. The fraction of sp³-hybridized carbons (Fsp3) is 0.381. The van der Waals surface area contributed by atoms with Gasteiger partial charge in [0.15, 0.2) is 0 Å². The van der Waals surface area contributed by atoms with Gasteiger partial charge >= 0.3 is 5.97 Å². The molecule has 7 heteroatoms. The van der Waals surface area contributed by atoms with E-state index in [0.717, 1.165) is 31.2 Å². The zero-order valence-electron chi connectivity index (χ0n) is 16.2. The molecular weight excluding hydrogens is 378 g/mol. The Labute approximate surface area is 166 Å². The first kappa shape index (κ1) is 21.8. The zero-order chi connectivity index (χ0) is 20.7. The van der Waals surface area contributed by atoms with Crippen molar-refractivity contribution in [2.45, 2.75) is 57.3 Å². The maximum absolute atomic E-state index is 12.8. The zero-order valence-corrected chi connectivity index (χ0v) is 17.1. The Balaban J connectivity index is 2.03. The number of nitrogens with one attached hydrogen (secondary N) is 1. The van der Waals surface area contributed by atoms with Crippen LogP contribution in [-0.4, -0.2) is 24.6 Å². The Morgan fingerprint density at radius 1 is 1.00 bits per heavy atom. The van der Waals surface area contributed by atoms with Gasteiger partial charge in [-0.3, -0.25) is 9.52 Å². The number of anilines is 1. The number of carboxylic acids is 1. The molecule has 0 spiro atoms. The third kappa shape index (κ3) is 6.27. The van der Waals surface area contributed by atoms with E-state index < -0.39 is 16.0 Å². The minimum absolute atomic E-state index is 0.100. The highest BCUT2D eigenvalue weighted by Crippen LogP contribution is 2.28. The normalized spacial score (nSPS) is 11.4. The maximum atomic E-state index is 12.8. The van der Waals surface area contributed by atoms with Crippen LogP contribution in [0.5, 0.6) is 5.75 Å². The van der Waals surface area contributed by atoms with E-state index in [9.17, 15) is 18.3 Å². The lowest BCUT2D eigenvalue weighted by molar-refractivity contribution is -0.137. The van der Waals surface area contributed by atoms with E-state index >= 15 is 0 Å². The monoisotopic (exact) mass is 405 g/mol. The molecule has 2 aromatic carbocycles. The molecule has 152 valence electrons. The molecule has 0 bridgehead atoms. The first-order chi connectivity index (χ1) is 13.2. The number of benzene rings is 2. The van der Waals surface area contributed by atoms with Crippen molar-refractivity contribution in [3.8, 4) is 5.75 Å². The highest BCUT2D eigenvalue weighted by molar-refractivity contribution is 7.92. The predicted octanol–water partition coefficient (Wildman–Crippen LogP) is 4.39. The van der Waals surface area contributed by atoms with E-state index in [1.165, 1.54) is 12.1 Å². The molecule has 0 aromatic heterocycles. The molecule has 2 aromatic rings. The van der Waals surface area contributed by atoms with Crippen LogP contribution in [0.3, 0.4) is 0 Å². The van der Waals surface area contributed by atoms with Gasteiger partial charge in [-0.1, -0.05) is 25.0 Å². The lowest BCUT2D eigenvalue weighted by atomic mass is 10.1. The molecule has 0 radical (unpaired) electrons. The molecule has 2 rings (SSSR count). The van der Waals surface area contributed by atoms with Gasteiger partial charge in [0.25, 0.3) is 10.0 Å². The van der Waals surface area contributed by atoms with Gasteiger partial charge in [0.05, 0.1) is 10.6 Å². The van der Waals surface area contributed by atoms with Crippen molar-refractivity contribution in [2.24, 2.45) is 0 Å². The predicted molar refractivity (Wildman–Crippen MR) is 109 cm³/mol. The number of aryl methyl sites for hydroxylation is 3. The average Bonchev–Trinajstić information content (AvgIpc) is 2.61. The van der Waals surface area contributed by atoms with Crippen LogP contribution in [0.25, 0.3) is 0 Å². The molecule has 0 aliphatic rings. The van der Waals surface area contributed by atoms with E-state index in [4.69, 9.17) is 5.11 Å². The van der Waals surface area contributed by atoms with Crippen LogP contribution in [0.1, 0.15) is 48.8 Å². The van der Waals surface area contributed by atoms with Crippen LogP contribution < -0.4 is 4.72 Å². The molecule has 0 aliphatic heterocycles. The Morgan fingerprint density at radius 3 is 2.29 bits per heavy atom. The quantitative estimate of drug-likeness (QED) is 0.402. The number of sulfonamides is 1. The summed E-state index contributed by atoms with van der Waals surface area (Å²) in [6.07, 6.45) is 4.24. The van der Waals surface area contributed by atoms with E-state index in [-0.39, 0.29) is 17.1 Å². The van der Waals surface area contributed by atoms with E-state index in [2.05, 4.69) is 4.72 Å². The molecule has 0 fully saturated rings. The number of aliphatic carboxylic acids is 1. The molecule has 28 heavy (non-hydrogen) atoms. The number of carboxylic acid groups (broad SMARTS) is 1. The second-order valence-corrected chi connectivity index (χ2v) is 8.70. The number of rotatable bonds is 10. The minimum Gasteiger partial charge on any atom is -0.508 e. The molecule has 0 heterocycles. The number of unbranched alkanes of at least 4 members (excludes halogenated alkanes) is 3. The highest BCUT2D eigenvalue weighted by atomic mass is 32.2. The molecule has 6 nitrogen and oxygen atoms in total. The largest absolute Gasteiger partial charge is 0.508 e. The number of phenols is 1. The smallest absolute Gasteiger partial charge is 0.303 e. The van der Waals surface area contributed by atoms with Gasteiger partial charge < -0.3 is 10.2 Å². The van der Waals surface area contributed by atoms with Crippen molar-refractivity contribution in [3.63, 3.8) is 0 Å². The Bertz CT molecular complexity index is 915. The lowest BCUT2D eigenvalue weighted by Crippen LogP contribution is -2.15. The molecule has 0 amide bonds. The number of hydrogen-bond acceptors (Lipinski definition) is 4. The minimum atomic E-state index is -3.74. The van der Waals surface area contributed by atoms with Crippen molar-refractivity contribution < 1.29 is 23.4 Å². The summed E-state index contributed by atoms with van der Waals surface area (Å²) in [6.45, 7) is 3.48. The summed E-state index contributed by atoms with van der Waals surface area (Å²) in [5.74, 6) is -0.673. The van der Waals surface area contributed by atoms with Gasteiger partial charge in [0.2, 0.25) is 0 Å². The summed E-state index contributed by atoms with van der Waals surface area (Å²) in [4.78, 5) is 10.7. The second-order valence-electron chi connectivity index (χ2n) is 7.02. The van der Waals surface area contributed by atoms with Crippen molar-refractivity contribution in [1.29, 1.82) is 0 Å². The standard InChI is InChI=1S/C21H27NO5S/c1-15-12-18(23)13-16(2)21(15)22-28(26,27)19-10-7-9-17(14-19)8-5-3-4-6-11-20(24)25/h7,9-10,12-14,22-23H,3-6,8,11H2,1-2H3,(H,24,25). The Hall–Kier alpha value is -2.54. The maximum Gasteiger partial charge on any atom is 0.303 e. The number of aromatic hydroxyl groups is 1. The lowest BCUT2D eigenvalue weighted by Gasteiger charge is -2.14. The van der Waals surface area contributed by atoms with Gasteiger partial charge in [0.1, 0.15) is 5.75 Å². The fourth-order valence-electron chi connectivity index (χ4n) is 3.12. The first-order valence-corrected chi connectivity index (χ1v) is 10.8. The van der Waals surface area contributed by atoms with Crippen LogP contribution in [0, 0.1) is 13.8 Å². The summed E-state index contributed by atoms with van der Waals surface area (Å²) < 4.78 is 28.2. The second kappa shape index (κ2) is 9.59. The van der Waals surface area contributed by atoms with Gasteiger partial charge in [-0.2, -0.15) is 0 Å². The van der Waals surface area contributed by atoms with Crippen molar-refractivity contribution in [3.05, 3.63) is 53.1 Å². The average molecular weight is 406 g/mol. The Morgan fingerprint density at radius 2 is 1.64 bits per heavy atom. The van der Waals surface area contributed by atoms with Crippen molar-refractivity contribution >= 4 is 21.7 Å². The van der Waals surface area contributed by atoms with Gasteiger partial charge in [-0.15, -0.1) is 0 Å². The summed E-state index contributed by atoms with van der Waals surface area (Å²) in [5.41, 5.74) is 2.71. The summed E-state index contributed by atoms with van der Waals surface area (Å²) >= 11 is 0. The van der Waals surface area contributed by atoms with Gasteiger partial charge in [0, 0.05) is 6.42 Å². The van der Waals surface area contributed by atoms with Crippen molar-refractivity contribution in [1.82, 2.24) is 0 Å². The number of hydrogen-bond donors (Lipinski definition) is 3. The van der Waals surface area contributed by atoms with E-state index in [1.807, 2.05) is 6.07 Å². The third-order valence-corrected chi connectivity index (χ3v) is 5.92. The van der Waals surface area contributed by atoms with Crippen LogP contribution in [0.15, 0.2) is 41.3 Å². The first-order valence-electron chi connectivity index (χ1n) is 9.33. The SMILES string of the molecule is Cc1cc(O)cc(C)c1NS(=O)(=O)c1cccc(CCCCCCC(=O)O)c1. The molecule has 0 aliphatic carbocycles. The van der Waals surface area contributed by atoms with E-state index in [0.29, 0.717) is 23.2 Å². The van der Waals surface area contributed by atoms with Crippen LogP contribution in [-0.2, 0) is 21.2 Å².